The number of likely N-dealkylation sites (N-methyl/N-ethyl adjacent to an activating group) is 1. The van der Waals surface area contributed by atoms with Crippen molar-refractivity contribution in [1.82, 2.24) is 15.1 Å². The number of nitrogens with zero attached hydrogens (tertiary/aromatic N) is 2. The molecular weight excluding hydrogens is 266 g/mol. The third kappa shape index (κ3) is 4.44. The first-order valence-electron chi connectivity index (χ1n) is 7.43. The molecule has 1 aliphatic rings. The van der Waals surface area contributed by atoms with Gasteiger partial charge >= 0.3 is 0 Å². The highest BCUT2D eigenvalue weighted by molar-refractivity contribution is 5.81. The first kappa shape index (κ1) is 15.8. The molecule has 1 N–H and O–H groups in total. The Kier molecular flexibility index (Phi) is 5.59. The minimum absolute atomic E-state index is 0.0723. The Balaban J connectivity index is 1.80. The van der Waals surface area contributed by atoms with E-state index in [9.17, 15) is 4.79 Å². The second-order valence-corrected chi connectivity index (χ2v) is 5.58. The van der Waals surface area contributed by atoms with Gasteiger partial charge in [-0.3, -0.25) is 9.69 Å². The molecule has 0 bridgehead atoms. The lowest BCUT2D eigenvalue weighted by atomic mass is 10.2. The summed E-state index contributed by atoms with van der Waals surface area (Å²) in [4.78, 5) is 16.8. The van der Waals surface area contributed by atoms with Crippen molar-refractivity contribution >= 4 is 5.91 Å². The number of hydrogen-bond acceptors (Lipinski definition) is 4. The van der Waals surface area contributed by atoms with Crippen LogP contribution in [0, 0.1) is 0 Å². The molecule has 1 heterocycles. The molecule has 1 fully saturated rings. The summed E-state index contributed by atoms with van der Waals surface area (Å²) in [5, 5.41) is 3.01. The summed E-state index contributed by atoms with van der Waals surface area (Å²) in [5.74, 6) is 0.922. The number of ether oxygens (including phenoxy) is 1. The van der Waals surface area contributed by atoms with Crippen LogP contribution in [0.5, 0.6) is 5.75 Å². The number of methoxy groups -OCH3 is 1. The van der Waals surface area contributed by atoms with Gasteiger partial charge in [-0.15, -0.1) is 0 Å². The second-order valence-electron chi connectivity index (χ2n) is 5.58. The van der Waals surface area contributed by atoms with Gasteiger partial charge in [0.15, 0.2) is 0 Å². The molecule has 2 rings (SSSR count). The fourth-order valence-electron chi connectivity index (χ4n) is 2.46. The summed E-state index contributed by atoms with van der Waals surface area (Å²) < 4.78 is 5.12. The van der Waals surface area contributed by atoms with Crippen LogP contribution < -0.4 is 10.1 Å². The maximum Gasteiger partial charge on any atom is 0.237 e. The normalized spacial score (nSPS) is 18.2. The highest BCUT2D eigenvalue weighted by Crippen LogP contribution is 2.11. The molecule has 116 valence electrons. The number of rotatable bonds is 5. The third-order valence-corrected chi connectivity index (χ3v) is 4.09. The van der Waals surface area contributed by atoms with Crippen LogP contribution in [0.3, 0.4) is 0 Å². The van der Waals surface area contributed by atoms with E-state index in [4.69, 9.17) is 4.74 Å². The van der Waals surface area contributed by atoms with Gasteiger partial charge in [-0.2, -0.15) is 0 Å². The predicted octanol–water partition coefficient (Wildman–Crippen LogP) is 0.947. The van der Waals surface area contributed by atoms with Crippen molar-refractivity contribution in [1.29, 1.82) is 0 Å². The van der Waals surface area contributed by atoms with E-state index < -0.39 is 0 Å². The fourth-order valence-corrected chi connectivity index (χ4v) is 2.46. The molecule has 0 saturated carbocycles. The Hall–Kier alpha value is -1.59. The summed E-state index contributed by atoms with van der Waals surface area (Å²) in [6, 6.07) is 7.69. The monoisotopic (exact) mass is 291 g/mol. The Morgan fingerprint density at radius 1 is 1.24 bits per heavy atom. The molecule has 0 unspecified atom stereocenters. The Morgan fingerprint density at radius 2 is 1.86 bits per heavy atom. The van der Waals surface area contributed by atoms with Gasteiger partial charge in [-0.25, -0.2) is 0 Å². The molecule has 0 spiro atoms. The van der Waals surface area contributed by atoms with Crippen LogP contribution in [0.25, 0.3) is 0 Å². The van der Waals surface area contributed by atoms with Gasteiger partial charge in [0.05, 0.1) is 13.2 Å². The van der Waals surface area contributed by atoms with Crippen molar-refractivity contribution in [2.75, 3.05) is 40.3 Å². The topological polar surface area (TPSA) is 44.8 Å². The molecule has 21 heavy (non-hydrogen) atoms. The van der Waals surface area contributed by atoms with Gasteiger partial charge in [-0.1, -0.05) is 12.1 Å². The van der Waals surface area contributed by atoms with Crippen molar-refractivity contribution in [2.24, 2.45) is 0 Å². The average molecular weight is 291 g/mol. The number of hydrogen-bond donors (Lipinski definition) is 1. The summed E-state index contributed by atoms with van der Waals surface area (Å²) in [5.41, 5.74) is 1.08. The van der Waals surface area contributed by atoms with E-state index in [1.165, 1.54) is 0 Å². The van der Waals surface area contributed by atoms with Crippen molar-refractivity contribution in [2.45, 2.75) is 19.5 Å². The van der Waals surface area contributed by atoms with Crippen molar-refractivity contribution < 1.29 is 9.53 Å². The van der Waals surface area contributed by atoms with Crippen LogP contribution in [-0.2, 0) is 11.3 Å². The molecule has 1 aliphatic heterocycles. The zero-order valence-corrected chi connectivity index (χ0v) is 13.1. The van der Waals surface area contributed by atoms with Gasteiger partial charge in [0.25, 0.3) is 0 Å². The van der Waals surface area contributed by atoms with Gasteiger partial charge in [0.1, 0.15) is 5.75 Å². The van der Waals surface area contributed by atoms with Gasteiger partial charge in [0.2, 0.25) is 5.91 Å². The van der Waals surface area contributed by atoms with Crippen LogP contribution in [-0.4, -0.2) is 62.1 Å². The van der Waals surface area contributed by atoms with Crippen LogP contribution in [0.15, 0.2) is 24.3 Å². The zero-order chi connectivity index (χ0) is 15.2. The van der Waals surface area contributed by atoms with E-state index in [0.717, 1.165) is 37.5 Å². The van der Waals surface area contributed by atoms with E-state index in [1.807, 2.05) is 31.2 Å². The Labute approximate surface area is 126 Å². The highest BCUT2D eigenvalue weighted by atomic mass is 16.5. The number of benzene rings is 1. The molecule has 5 nitrogen and oxygen atoms in total. The summed E-state index contributed by atoms with van der Waals surface area (Å²) in [6.45, 7) is 6.49. The molecule has 1 amide bonds. The number of nitrogens with one attached hydrogen (secondary N) is 1. The molecule has 1 atom stereocenters. The van der Waals surface area contributed by atoms with Crippen LogP contribution >= 0.6 is 0 Å². The molecule has 0 radical (unpaired) electrons. The lowest BCUT2D eigenvalue weighted by molar-refractivity contribution is -0.126. The zero-order valence-electron chi connectivity index (χ0n) is 13.1. The van der Waals surface area contributed by atoms with E-state index >= 15 is 0 Å². The number of piperazine rings is 1. The van der Waals surface area contributed by atoms with E-state index in [1.54, 1.807) is 7.11 Å². The Bertz CT molecular complexity index is 453. The molecule has 0 aliphatic carbocycles. The maximum atomic E-state index is 12.2. The molecule has 0 aromatic heterocycles. The van der Waals surface area contributed by atoms with E-state index in [0.29, 0.717) is 6.54 Å². The lowest BCUT2D eigenvalue weighted by Crippen LogP contribution is -2.52. The largest absolute Gasteiger partial charge is 0.497 e. The molecule has 5 heteroatoms. The molecular formula is C16H25N3O2. The number of carbonyl (C=O) groups is 1. The van der Waals surface area contributed by atoms with Gasteiger partial charge in [0, 0.05) is 32.7 Å². The van der Waals surface area contributed by atoms with E-state index in [2.05, 4.69) is 22.2 Å². The first-order chi connectivity index (χ1) is 10.1. The minimum Gasteiger partial charge on any atom is -0.497 e. The minimum atomic E-state index is -0.0723. The maximum absolute atomic E-state index is 12.2. The van der Waals surface area contributed by atoms with Crippen LogP contribution in [0.2, 0.25) is 0 Å². The van der Waals surface area contributed by atoms with Gasteiger partial charge < -0.3 is 15.0 Å². The van der Waals surface area contributed by atoms with Gasteiger partial charge in [-0.05, 0) is 31.7 Å². The Morgan fingerprint density at radius 3 is 2.43 bits per heavy atom. The summed E-state index contributed by atoms with van der Waals surface area (Å²) in [6.07, 6.45) is 0. The van der Waals surface area contributed by atoms with Crippen LogP contribution in [0.4, 0.5) is 0 Å². The molecule has 1 saturated heterocycles. The van der Waals surface area contributed by atoms with E-state index in [-0.39, 0.29) is 11.9 Å². The first-order valence-corrected chi connectivity index (χ1v) is 7.43. The van der Waals surface area contributed by atoms with Crippen molar-refractivity contribution in [3.8, 4) is 5.75 Å². The van der Waals surface area contributed by atoms with Crippen molar-refractivity contribution in [3.63, 3.8) is 0 Å². The summed E-state index contributed by atoms with van der Waals surface area (Å²) in [7, 11) is 3.76. The van der Waals surface area contributed by atoms with Crippen LogP contribution in [0.1, 0.15) is 12.5 Å². The number of amides is 1. The standard InChI is InChI=1S/C16H25N3O2/c1-13(19-10-8-18(2)9-11-19)16(20)17-12-14-4-6-15(21-3)7-5-14/h4-7,13H,8-12H2,1-3H3,(H,17,20)/t13-/m1/s1. The van der Waals surface area contributed by atoms with Crippen molar-refractivity contribution in [3.05, 3.63) is 29.8 Å². The number of carbonyl (C=O) groups excluding carboxylic acids is 1. The smallest absolute Gasteiger partial charge is 0.237 e. The third-order valence-electron chi connectivity index (χ3n) is 4.09. The summed E-state index contributed by atoms with van der Waals surface area (Å²) >= 11 is 0. The SMILES string of the molecule is COc1ccc(CNC(=O)[C@@H](C)N2CCN(C)CC2)cc1. The quantitative estimate of drug-likeness (QED) is 0.877. The molecule has 1 aromatic rings. The highest BCUT2D eigenvalue weighted by Gasteiger charge is 2.23. The lowest BCUT2D eigenvalue weighted by Gasteiger charge is -2.35. The second kappa shape index (κ2) is 7.43. The molecule has 1 aromatic carbocycles. The average Bonchev–Trinajstić information content (AvgIpc) is 2.53. The fraction of sp³-hybridized carbons (Fsp3) is 0.562. The predicted molar refractivity (Wildman–Crippen MR) is 83.4 cm³/mol.